The van der Waals surface area contributed by atoms with E-state index < -0.39 is 0 Å². The smallest absolute Gasteiger partial charge is 0.164 e. The van der Waals surface area contributed by atoms with E-state index >= 15 is 0 Å². The van der Waals surface area contributed by atoms with Gasteiger partial charge in [-0.2, -0.15) is 0 Å². The molecule has 0 unspecified atom stereocenters. The van der Waals surface area contributed by atoms with Crippen molar-refractivity contribution in [1.82, 2.24) is 24.1 Å². The number of hydrogen-bond acceptors (Lipinski definition) is 5. The van der Waals surface area contributed by atoms with E-state index in [2.05, 4.69) is 179 Å². The summed E-state index contributed by atoms with van der Waals surface area (Å²) < 4.78 is 19.0. The fourth-order valence-electron chi connectivity index (χ4n) is 10.9. The molecule has 0 saturated carbocycles. The molecule has 0 saturated heterocycles. The van der Waals surface area contributed by atoms with Crippen LogP contribution in [0.25, 0.3) is 144 Å². The normalized spacial score (nSPS) is 12.0. The lowest BCUT2D eigenvalue weighted by molar-refractivity contribution is 0.666. The Kier molecular flexibility index (Phi) is 8.23. The largest absolute Gasteiger partial charge is 0.455 e. The average molecular weight is 896 g/mol. The number of hydrogen-bond donors (Lipinski definition) is 0. The maximum Gasteiger partial charge on any atom is 0.164 e. The first-order valence-corrected chi connectivity index (χ1v) is 23.5. The summed E-state index contributed by atoms with van der Waals surface area (Å²) >= 11 is 0. The first kappa shape index (κ1) is 38.5. The Morgan fingerprint density at radius 2 is 0.743 bits per heavy atom. The minimum Gasteiger partial charge on any atom is -0.455 e. The van der Waals surface area contributed by atoms with E-state index in [1.165, 1.54) is 0 Å². The monoisotopic (exact) mass is 895 g/mol. The highest BCUT2D eigenvalue weighted by atomic mass is 16.3. The first-order valence-electron chi connectivity index (χ1n) is 23.5. The molecule has 0 aliphatic rings. The van der Waals surface area contributed by atoms with E-state index in [1.54, 1.807) is 0 Å². The van der Waals surface area contributed by atoms with Crippen LogP contribution in [0.5, 0.6) is 0 Å². The van der Waals surface area contributed by atoms with Gasteiger partial charge < -0.3 is 18.0 Å². The zero-order valence-electron chi connectivity index (χ0n) is 37.4. The van der Waals surface area contributed by atoms with Crippen LogP contribution in [0.15, 0.2) is 233 Å². The lowest BCUT2D eigenvalue weighted by Crippen LogP contribution is -2.01. The van der Waals surface area contributed by atoms with E-state index in [1.807, 2.05) is 54.6 Å². The van der Waals surface area contributed by atoms with Crippen LogP contribution in [0, 0.1) is 0 Å². The quantitative estimate of drug-likeness (QED) is 0.166. The third-order valence-corrected chi connectivity index (χ3v) is 14.0. The SMILES string of the molecule is c1ccc(-c2ccc(-c3nc(-c4ccccc4)nc(-c4ccc(-n5c6ccccc6c6c7c(c8ccccc8n7-c7ccccc7)c7oc8ccccc8c7c65)c5oc6ccccc6c45)n3)cc2)cc1. The number of aromatic nitrogens is 5. The summed E-state index contributed by atoms with van der Waals surface area (Å²) in [5.74, 6) is 1.73. The summed E-state index contributed by atoms with van der Waals surface area (Å²) in [5, 5.41) is 8.45. The Morgan fingerprint density at radius 3 is 1.41 bits per heavy atom. The lowest BCUT2D eigenvalue weighted by Gasteiger charge is -2.13. The molecule has 5 aromatic heterocycles. The molecule has 10 aromatic carbocycles. The van der Waals surface area contributed by atoms with E-state index in [9.17, 15) is 0 Å². The minimum atomic E-state index is 0.554. The van der Waals surface area contributed by atoms with Gasteiger partial charge in [0.25, 0.3) is 0 Å². The summed E-state index contributed by atoms with van der Waals surface area (Å²) in [6, 6.07) is 78.1. The number of fused-ring (bicyclic) bond motifs is 15. The van der Waals surface area contributed by atoms with Gasteiger partial charge in [0.15, 0.2) is 23.1 Å². The van der Waals surface area contributed by atoms with Gasteiger partial charge in [0.2, 0.25) is 0 Å². The second-order valence-corrected chi connectivity index (χ2v) is 17.8. The molecule has 7 nitrogen and oxygen atoms in total. The van der Waals surface area contributed by atoms with Gasteiger partial charge in [-0.25, -0.2) is 15.0 Å². The van der Waals surface area contributed by atoms with Gasteiger partial charge >= 0.3 is 0 Å². The standard InChI is InChI=1S/C63H37N5O2/c1-4-18-38(19-5-1)39-32-34-41(35-33-39)62-64-61(40-20-6-2-7-21-40)65-63(66-62)47-36-37-50(59-53(47)45-26-12-16-30-51(45)69-59)68-49-29-15-10-24-43(49)54-57-55(60-56(58(54)68)46-27-13-17-31-52(46)70-60)44-25-11-14-28-48(44)67(57)42-22-8-3-9-23-42/h1-37H. The van der Waals surface area contributed by atoms with Crippen molar-refractivity contribution < 1.29 is 8.83 Å². The van der Waals surface area contributed by atoms with Crippen LogP contribution in [0.3, 0.4) is 0 Å². The minimum absolute atomic E-state index is 0.554. The second-order valence-electron chi connectivity index (χ2n) is 17.8. The third kappa shape index (κ3) is 5.60. The molecule has 0 bridgehead atoms. The van der Waals surface area contributed by atoms with Gasteiger partial charge in [-0.3, -0.25) is 0 Å². The summed E-state index contributed by atoms with van der Waals surface area (Å²) in [6.07, 6.45) is 0. The summed E-state index contributed by atoms with van der Waals surface area (Å²) in [5.41, 5.74) is 14.3. The molecule has 0 radical (unpaired) electrons. The summed E-state index contributed by atoms with van der Waals surface area (Å²) in [6.45, 7) is 0. The molecule has 15 rings (SSSR count). The van der Waals surface area contributed by atoms with Gasteiger partial charge in [0.05, 0.1) is 38.5 Å². The van der Waals surface area contributed by atoms with Crippen molar-refractivity contribution in [1.29, 1.82) is 0 Å². The molecule has 15 aromatic rings. The number of nitrogens with zero attached hydrogens (tertiary/aromatic N) is 5. The number of furan rings is 2. The van der Waals surface area contributed by atoms with Crippen molar-refractivity contribution in [3.8, 4) is 56.7 Å². The van der Waals surface area contributed by atoms with E-state index in [-0.39, 0.29) is 0 Å². The first-order chi connectivity index (χ1) is 34.7. The molecular weight excluding hydrogens is 859 g/mol. The van der Waals surface area contributed by atoms with Crippen LogP contribution in [0.1, 0.15) is 0 Å². The van der Waals surface area contributed by atoms with Gasteiger partial charge in [0.1, 0.15) is 16.7 Å². The van der Waals surface area contributed by atoms with Crippen LogP contribution < -0.4 is 0 Å². The Hall–Kier alpha value is -9.59. The molecule has 7 heteroatoms. The van der Waals surface area contributed by atoms with E-state index in [4.69, 9.17) is 23.8 Å². The van der Waals surface area contributed by atoms with Crippen molar-refractivity contribution in [2.24, 2.45) is 0 Å². The van der Waals surface area contributed by atoms with Crippen molar-refractivity contribution in [3.63, 3.8) is 0 Å². The van der Waals surface area contributed by atoms with Crippen molar-refractivity contribution >= 4 is 87.5 Å². The third-order valence-electron chi connectivity index (χ3n) is 14.0. The van der Waals surface area contributed by atoms with Gasteiger partial charge in [-0.15, -0.1) is 0 Å². The van der Waals surface area contributed by atoms with Gasteiger partial charge in [-0.05, 0) is 59.7 Å². The highest BCUT2D eigenvalue weighted by Crippen LogP contribution is 2.51. The zero-order valence-corrected chi connectivity index (χ0v) is 37.4. The molecule has 0 spiro atoms. The van der Waals surface area contributed by atoms with Crippen molar-refractivity contribution in [2.75, 3.05) is 0 Å². The summed E-state index contributed by atoms with van der Waals surface area (Å²) in [4.78, 5) is 15.7. The van der Waals surface area contributed by atoms with Crippen LogP contribution >= 0.6 is 0 Å². The van der Waals surface area contributed by atoms with Crippen molar-refractivity contribution in [3.05, 3.63) is 224 Å². The van der Waals surface area contributed by atoms with Gasteiger partial charge in [-0.1, -0.05) is 176 Å². The molecule has 0 N–H and O–H groups in total. The molecule has 5 heterocycles. The molecule has 0 amide bonds. The fourth-order valence-corrected chi connectivity index (χ4v) is 10.9. The number of benzene rings is 10. The van der Waals surface area contributed by atoms with Gasteiger partial charge in [0, 0.05) is 54.7 Å². The average Bonchev–Trinajstić information content (AvgIpc) is 4.20. The lowest BCUT2D eigenvalue weighted by atomic mass is 10.0. The molecule has 70 heavy (non-hydrogen) atoms. The molecular formula is C63H37N5O2. The van der Waals surface area contributed by atoms with Crippen LogP contribution in [-0.2, 0) is 0 Å². The highest BCUT2D eigenvalue weighted by molar-refractivity contribution is 6.39. The zero-order chi connectivity index (χ0) is 45.9. The molecule has 326 valence electrons. The molecule has 0 aliphatic carbocycles. The van der Waals surface area contributed by atoms with Crippen LogP contribution in [-0.4, -0.2) is 24.1 Å². The number of para-hydroxylation sites is 5. The Morgan fingerprint density at radius 1 is 0.300 bits per heavy atom. The van der Waals surface area contributed by atoms with Crippen molar-refractivity contribution in [2.45, 2.75) is 0 Å². The van der Waals surface area contributed by atoms with Crippen LogP contribution in [0.4, 0.5) is 0 Å². The predicted molar refractivity (Wildman–Crippen MR) is 285 cm³/mol. The van der Waals surface area contributed by atoms with E-state index in [0.29, 0.717) is 17.5 Å². The van der Waals surface area contributed by atoms with Crippen LogP contribution in [0.2, 0.25) is 0 Å². The molecule has 0 atom stereocenters. The predicted octanol–water partition coefficient (Wildman–Crippen LogP) is 16.5. The Balaban J connectivity index is 1.06. The Bertz CT molecular complexity index is 4570. The maximum absolute atomic E-state index is 7.14. The summed E-state index contributed by atoms with van der Waals surface area (Å²) in [7, 11) is 0. The maximum atomic E-state index is 7.14. The second kappa shape index (κ2) is 15.0. The fraction of sp³-hybridized carbons (Fsp3) is 0. The van der Waals surface area contributed by atoms with E-state index in [0.717, 1.165) is 127 Å². The number of rotatable bonds is 6. The Labute approximate surface area is 399 Å². The molecule has 0 fully saturated rings. The topological polar surface area (TPSA) is 74.8 Å². The highest BCUT2D eigenvalue weighted by Gasteiger charge is 2.29. The molecule has 0 aliphatic heterocycles.